The third kappa shape index (κ3) is 8.67. The zero-order chi connectivity index (χ0) is 31.4. The monoisotopic (exact) mass is 602 g/mol. The van der Waals surface area contributed by atoms with Crippen LogP contribution in [0, 0.1) is 5.92 Å². The first-order valence-corrected chi connectivity index (χ1v) is 20.6. The van der Waals surface area contributed by atoms with Gasteiger partial charge in [-0.05, 0) is 69.2 Å². The van der Waals surface area contributed by atoms with E-state index in [-0.39, 0.29) is 30.1 Å². The number of hydrogen-bond acceptors (Lipinski definition) is 7. The van der Waals surface area contributed by atoms with E-state index in [2.05, 4.69) is 40.4 Å². The molecule has 0 aromatic heterocycles. The Morgan fingerprint density at radius 2 is 1.66 bits per heavy atom. The lowest BCUT2D eigenvalue weighted by Crippen LogP contribution is -2.56. The van der Waals surface area contributed by atoms with Gasteiger partial charge in [-0.15, -0.1) is 0 Å². The first-order valence-electron chi connectivity index (χ1n) is 14.3. The van der Waals surface area contributed by atoms with E-state index in [4.69, 9.17) is 18.3 Å². The van der Waals surface area contributed by atoms with Gasteiger partial charge >= 0.3 is 5.97 Å². The van der Waals surface area contributed by atoms with Crippen molar-refractivity contribution < 1.29 is 32.7 Å². The minimum atomic E-state index is -2.37. The fourth-order valence-electron chi connectivity index (χ4n) is 4.89. The van der Waals surface area contributed by atoms with Crippen LogP contribution in [0.3, 0.4) is 0 Å². The quantitative estimate of drug-likeness (QED) is 0.0761. The second-order valence-corrected chi connectivity index (χ2v) is 22.8. The molecule has 1 aliphatic rings. The van der Waals surface area contributed by atoms with Gasteiger partial charge < -0.3 is 18.3 Å². The molecule has 0 saturated heterocycles. The molecule has 0 fully saturated rings. The van der Waals surface area contributed by atoms with Gasteiger partial charge in [-0.2, -0.15) is 0 Å². The fourth-order valence-corrected chi connectivity index (χ4v) is 7.64. The summed E-state index contributed by atoms with van der Waals surface area (Å²) in [6.45, 7) is 24.6. The highest BCUT2D eigenvalue weighted by Gasteiger charge is 2.50. The number of hydrogen-bond donors (Lipinski definition) is 0. The van der Waals surface area contributed by atoms with Gasteiger partial charge in [0.2, 0.25) is 11.4 Å². The van der Waals surface area contributed by atoms with Crippen molar-refractivity contribution in [3.8, 4) is 0 Å². The Morgan fingerprint density at radius 1 is 1.07 bits per heavy atom. The Labute approximate surface area is 248 Å². The van der Waals surface area contributed by atoms with Crippen LogP contribution in [0.15, 0.2) is 53.6 Å². The summed E-state index contributed by atoms with van der Waals surface area (Å²) in [5.41, 5.74) is 1.27. The van der Waals surface area contributed by atoms with E-state index in [1.807, 2.05) is 56.9 Å². The number of allylic oxidation sites excluding steroid dienone is 1. The molecule has 0 radical (unpaired) electrons. The van der Waals surface area contributed by atoms with Crippen LogP contribution < -0.4 is 0 Å². The highest BCUT2D eigenvalue weighted by Crippen LogP contribution is 2.44. The van der Waals surface area contributed by atoms with Crippen LogP contribution in [0.5, 0.6) is 0 Å². The minimum absolute atomic E-state index is 0.0151. The van der Waals surface area contributed by atoms with Crippen LogP contribution in [-0.4, -0.2) is 59.6 Å². The molecule has 0 unspecified atom stereocenters. The number of esters is 1. The van der Waals surface area contributed by atoms with Crippen molar-refractivity contribution in [1.82, 2.24) is 0 Å². The zero-order valence-corrected chi connectivity index (χ0v) is 28.9. The van der Waals surface area contributed by atoms with Gasteiger partial charge in [0, 0.05) is 17.9 Å². The van der Waals surface area contributed by atoms with Gasteiger partial charge in [0.15, 0.2) is 16.6 Å². The van der Waals surface area contributed by atoms with Crippen molar-refractivity contribution >= 4 is 34.7 Å². The summed E-state index contributed by atoms with van der Waals surface area (Å²) in [4.78, 5) is 39.4. The second-order valence-electron chi connectivity index (χ2n) is 13.7. The van der Waals surface area contributed by atoms with Crippen LogP contribution in [0.2, 0.25) is 37.8 Å². The molecule has 0 amide bonds. The summed E-state index contributed by atoms with van der Waals surface area (Å²) in [5, 5.41) is 0.0151. The molecule has 9 heteroatoms. The van der Waals surface area contributed by atoms with Crippen LogP contribution in [0.25, 0.3) is 0 Å². The van der Waals surface area contributed by atoms with Gasteiger partial charge in [0.1, 0.15) is 12.4 Å². The lowest BCUT2D eigenvalue weighted by atomic mass is 9.86. The summed E-state index contributed by atoms with van der Waals surface area (Å²) in [6, 6.07) is 9.51. The molecule has 1 aromatic carbocycles. The molecule has 228 valence electrons. The maximum absolute atomic E-state index is 14.1. The van der Waals surface area contributed by atoms with E-state index in [1.165, 1.54) is 14.0 Å². The summed E-state index contributed by atoms with van der Waals surface area (Å²) >= 11 is 0. The minimum Gasteiger partial charge on any atom is -0.467 e. The predicted molar refractivity (Wildman–Crippen MR) is 168 cm³/mol. The summed E-state index contributed by atoms with van der Waals surface area (Å²) in [6.07, 6.45) is 0.332. The lowest BCUT2D eigenvalue weighted by molar-refractivity contribution is -0.169. The standard InChI is InChI=1S/C32H50O7Si2/c1-22(25-19-27(23(2)26(25)20-33)38-41(11,12)31(3,4)5)18-28(37-21-24-16-14-13-15-17-24)29(34)32(6,30(35)36-7)39-40(8,9)10/h13-17,20,25,27-28H,1,18-19,21H2,2-12H3/t25-,27-,28-,32+/m1/s1. The first kappa shape index (κ1) is 35.0. The van der Waals surface area contributed by atoms with Crippen LogP contribution >= 0.6 is 0 Å². The number of rotatable bonds is 14. The Bertz CT molecular complexity index is 1140. The van der Waals surface area contributed by atoms with E-state index >= 15 is 0 Å². The first-order chi connectivity index (χ1) is 18.8. The fraction of sp³-hybridized carbons (Fsp3) is 0.594. The summed E-state index contributed by atoms with van der Waals surface area (Å²) < 4.78 is 24.1. The van der Waals surface area contributed by atoms with Crippen LogP contribution in [-0.2, 0) is 39.3 Å². The maximum Gasteiger partial charge on any atom is 0.344 e. The van der Waals surface area contributed by atoms with Crippen molar-refractivity contribution in [3.63, 3.8) is 0 Å². The van der Waals surface area contributed by atoms with Crippen molar-refractivity contribution in [2.24, 2.45) is 5.92 Å². The Kier molecular flexibility index (Phi) is 11.5. The van der Waals surface area contributed by atoms with Crippen LogP contribution in [0.1, 0.15) is 53.0 Å². The molecule has 4 atom stereocenters. The van der Waals surface area contributed by atoms with Gasteiger partial charge in [0.05, 0.1) is 19.8 Å². The number of Topliss-reactive ketones (excluding diaryl/α,β-unsaturated/α-hetero) is 1. The van der Waals surface area contributed by atoms with E-state index in [0.29, 0.717) is 17.6 Å². The van der Waals surface area contributed by atoms with Crippen molar-refractivity contribution in [2.45, 2.75) is 110 Å². The maximum atomic E-state index is 14.1. The largest absolute Gasteiger partial charge is 0.467 e. The zero-order valence-electron chi connectivity index (χ0n) is 26.9. The SMILES string of the molecule is C=C(C[C@@H](OCc1ccccc1)C(=O)[C@](C)(O[Si](C)(C)C)C(=O)OC)[C@H]1C[C@@H](O[Si](C)(C)C(C)(C)C)C(C)=C1C=O. The number of carbonyl (C=O) groups is 3. The molecular formula is C32H50O7Si2. The molecule has 41 heavy (non-hydrogen) atoms. The summed E-state index contributed by atoms with van der Waals surface area (Å²) in [5.74, 6) is -1.58. The number of methoxy groups -OCH3 is 1. The Balaban J connectivity index is 2.41. The van der Waals surface area contributed by atoms with Crippen molar-refractivity contribution in [2.75, 3.05) is 7.11 Å². The predicted octanol–water partition coefficient (Wildman–Crippen LogP) is 6.80. The molecule has 1 aliphatic carbocycles. The smallest absolute Gasteiger partial charge is 0.344 e. The lowest BCUT2D eigenvalue weighted by Gasteiger charge is -2.39. The molecule has 2 rings (SSSR count). The molecule has 0 saturated carbocycles. The molecule has 0 bridgehead atoms. The topological polar surface area (TPSA) is 88.1 Å². The van der Waals surface area contributed by atoms with E-state index < -0.39 is 40.1 Å². The molecule has 0 aliphatic heterocycles. The third-order valence-corrected chi connectivity index (χ3v) is 13.7. The van der Waals surface area contributed by atoms with Gasteiger partial charge in [-0.1, -0.05) is 63.3 Å². The number of benzene rings is 1. The van der Waals surface area contributed by atoms with Crippen molar-refractivity contribution in [3.05, 3.63) is 59.2 Å². The van der Waals surface area contributed by atoms with Gasteiger partial charge in [-0.3, -0.25) is 9.59 Å². The van der Waals surface area contributed by atoms with Gasteiger partial charge in [0.25, 0.3) is 0 Å². The number of carbonyl (C=O) groups excluding carboxylic acids is 3. The molecule has 7 nitrogen and oxygen atoms in total. The average Bonchev–Trinajstić information content (AvgIpc) is 3.18. The highest BCUT2D eigenvalue weighted by molar-refractivity contribution is 6.74. The van der Waals surface area contributed by atoms with Crippen LogP contribution in [0.4, 0.5) is 0 Å². The molecule has 0 spiro atoms. The van der Waals surface area contributed by atoms with E-state index in [9.17, 15) is 14.4 Å². The van der Waals surface area contributed by atoms with E-state index in [1.54, 1.807) is 0 Å². The second kappa shape index (κ2) is 13.4. The molecule has 0 heterocycles. The highest BCUT2D eigenvalue weighted by atomic mass is 28.4. The number of ether oxygens (including phenoxy) is 2. The Hall–Kier alpha value is -2.18. The normalized spacial score (nSPS) is 20.4. The van der Waals surface area contributed by atoms with E-state index in [0.717, 1.165) is 17.4 Å². The summed E-state index contributed by atoms with van der Waals surface area (Å²) in [7, 11) is -3.24. The Morgan fingerprint density at radius 3 is 2.15 bits per heavy atom. The molecule has 1 aromatic rings. The number of aldehydes is 1. The van der Waals surface area contributed by atoms with Crippen molar-refractivity contribution in [1.29, 1.82) is 0 Å². The molecule has 0 N–H and O–H groups in total. The average molecular weight is 603 g/mol. The number of ketones is 1. The van der Waals surface area contributed by atoms with Gasteiger partial charge in [-0.25, -0.2) is 4.79 Å². The molecular weight excluding hydrogens is 553 g/mol. The third-order valence-electron chi connectivity index (χ3n) is 8.22.